The summed E-state index contributed by atoms with van der Waals surface area (Å²) in [5.74, 6) is -0.300. The van der Waals surface area contributed by atoms with Crippen molar-refractivity contribution in [1.29, 1.82) is 0 Å². The number of carbonyl (C=O) groups excluding carboxylic acids is 2. The van der Waals surface area contributed by atoms with Crippen molar-refractivity contribution >= 4 is 11.9 Å². The molecule has 0 aliphatic carbocycles. The molecule has 1 amide bonds. The summed E-state index contributed by atoms with van der Waals surface area (Å²) in [6, 6.07) is 25.6. The molecular weight excluding hydrogens is 502 g/mol. The molecule has 0 spiro atoms. The molecule has 7 heteroatoms. The maximum Gasteiger partial charge on any atom is 0.328 e. The molecule has 0 radical (unpaired) electrons. The van der Waals surface area contributed by atoms with Crippen LogP contribution in [-0.4, -0.2) is 76.6 Å². The second kappa shape index (κ2) is 12.2. The minimum absolute atomic E-state index is 0.147. The lowest BCUT2D eigenvalue weighted by molar-refractivity contribution is -0.145. The smallest absolute Gasteiger partial charge is 0.328 e. The fourth-order valence-electron chi connectivity index (χ4n) is 6.29. The number of rotatable bonds is 7. The highest BCUT2D eigenvalue weighted by Crippen LogP contribution is 2.35. The molecule has 2 aliphatic rings. The summed E-state index contributed by atoms with van der Waals surface area (Å²) in [5, 5.41) is 10.4. The molecule has 40 heavy (non-hydrogen) atoms. The molecule has 3 aromatic carbocycles. The zero-order valence-electron chi connectivity index (χ0n) is 23.6. The highest BCUT2D eigenvalue weighted by atomic mass is 16.5. The van der Waals surface area contributed by atoms with E-state index in [1.807, 2.05) is 42.5 Å². The van der Waals surface area contributed by atoms with Crippen LogP contribution in [0.4, 0.5) is 0 Å². The first-order valence-electron chi connectivity index (χ1n) is 14.2. The average molecular weight is 542 g/mol. The first-order valence-corrected chi connectivity index (χ1v) is 14.2. The Hall–Kier alpha value is -3.68. The molecule has 210 valence electrons. The summed E-state index contributed by atoms with van der Waals surface area (Å²) in [5.41, 5.74) is 3.83. The third-order valence-corrected chi connectivity index (χ3v) is 8.35. The summed E-state index contributed by atoms with van der Waals surface area (Å²) in [6.07, 6.45) is 1.40. The van der Waals surface area contributed by atoms with Crippen LogP contribution in [0.2, 0.25) is 0 Å². The number of esters is 1. The molecule has 0 saturated carbocycles. The zero-order valence-corrected chi connectivity index (χ0v) is 23.6. The van der Waals surface area contributed by atoms with Crippen LogP contribution in [0.3, 0.4) is 0 Å². The minimum atomic E-state index is -0.540. The van der Waals surface area contributed by atoms with E-state index in [2.05, 4.69) is 54.0 Å². The Labute approximate surface area is 237 Å². The standard InChI is InChI=1S/C33H39N3O4/c1-23-21-36(24(2)20-34(23)22-25-10-5-4-6-11-25)31(27-13-8-15-29(37)19-27)26-12-7-14-28(18-26)32(38)35-17-9-16-30(35)33(39)40-3/h4-8,10-15,18-19,23-24,30-31,37H,9,16-17,20-22H2,1-3H3/t23-,24+,30+,31-/m1/s1. The van der Waals surface area contributed by atoms with E-state index in [1.54, 1.807) is 11.0 Å². The lowest BCUT2D eigenvalue weighted by Crippen LogP contribution is -2.56. The Kier molecular flexibility index (Phi) is 8.52. The first-order chi connectivity index (χ1) is 19.4. The number of likely N-dealkylation sites (tertiary alicyclic amines) is 1. The van der Waals surface area contributed by atoms with Crippen LogP contribution in [0.5, 0.6) is 5.75 Å². The largest absolute Gasteiger partial charge is 0.508 e. The van der Waals surface area contributed by atoms with E-state index in [0.29, 0.717) is 24.6 Å². The number of piperazine rings is 1. The van der Waals surface area contributed by atoms with Gasteiger partial charge in [-0.3, -0.25) is 14.6 Å². The number of hydrogen-bond donors (Lipinski definition) is 1. The molecule has 2 saturated heterocycles. The number of ether oxygens (including phenoxy) is 1. The van der Waals surface area contributed by atoms with Crippen LogP contribution in [0, 0.1) is 0 Å². The highest BCUT2D eigenvalue weighted by Gasteiger charge is 2.37. The van der Waals surface area contributed by atoms with E-state index < -0.39 is 6.04 Å². The van der Waals surface area contributed by atoms with E-state index in [0.717, 1.165) is 37.2 Å². The average Bonchev–Trinajstić information content (AvgIpc) is 3.46. The summed E-state index contributed by atoms with van der Waals surface area (Å²) < 4.78 is 4.96. The summed E-state index contributed by atoms with van der Waals surface area (Å²) in [4.78, 5) is 32.6. The second-order valence-corrected chi connectivity index (χ2v) is 11.1. The summed E-state index contributed by atoms with van der Waals surface area (Å²) in [6.45, 7) is 7.69. The molecule has 0 aromatic heterocycles. The van der Waals surface area contributed by atoms with Gasteiger partial charge in [-0.1, -0.05) is 54.6 Å². The van der Waals surface area contributed by atoms with Crippen molar-refractivity contribution in [3.8, 4) is 5.75 Å². The molecule has 1 N–H and O–H groups in total. The number of hydrogen-bond acceptors (Lipinski definition) is 6. The fraction of sp³-hybridized carbons (Fsp3) is 0.394. The van der Waals surface area contributed by atoms with Crippen LogP contribution in [0.15, 0.2) is 78.9 Å². The van der Waals surface area contributed by atoms with Crippen LogP contribution in [0.1, 0.15) is 59.8 Å². The second-order valence-electron chi connectivity index (χ2n) is 11.1. The molecule has 5 rings (SSSR count). The minimum Gasteiger partial charge on any atom is -0.508 e. The molecule has 0 bridgehead atoms. The van der Waals surface area contributed by atoms with E-state index in [9.17, 15) is 14.7 Å². The van der Waals surface area contributed by atoms with Gasteiger partial charge in [0.15, 0.2) is 0 Å². The van der Waals surface area contributed by atoms with E-state index >= 15 is 0 Å². The predicted molar refractivity (Wildman–Crippen MR) is 155 cm³/mol. The molecule has 7 nitrogen and oxygen atoms in total. The summed E-state index contributed by atoms with van der Waals surface area (Å²) >= 11 is 0. The summed E-state index contributed by atoms with van der Waals surface area (Å²) in [7, 11) is 1.37. The molecule has 0 unspecified atom stereocenters. The van der Waals surface area contributed by atoms with E-state index in [-0.39, 0.29) is 29.7 Å². The molecule has 3 aromatic rings. The van der Waals surface area contributed by atoms with Gasteiger partial charge in [-0.25, -0.2) is 4.79 Å². The topological polar surface area (TPSA) is 73.3 Å². The molecule has 2 heterocycles. The maximum atomic E-state index is 13.6. The molecule has 4 atom stereocenters. The van der Waals surface area contributed by atoms with Crippen molar-refractivity contribution in [2.24, 2.45) is 0 Å². The van der Waals surface area contributed by atoms with Crippen molar-refractivity contribution in [2.75, 3.05) is 26.7 Å². The number of aromatic hydroxyl groups is 1. The fourth-order valence-corrected chi connectivity index (χ4v) is 6.29. The molecule has 2 fully saturated rings. The molecular formula is C33H39N3O4. The Balaban J connectivity index is 1.45. The predicted octanol–water partition coefficient (Wildman–Crippen LogP) is 4.85. The van der Waals surface area contributed by atoms with Crippen molar-refractivity contribution in [3.63, 3.8) is 0 Å². The van der Waals surface area contributed by atoms with Gasteiger partial charge >= 0.3 is 5.97 Å². The number of carbonyl (C=O) groups is 2. The van der Waals surface area contributed by atoms with Crippen LogP contribution < -0.4 is 0 Å². The van der Waals surface area contributed by atoms with Gasteiger partial charge < -0.3 is 14.7 Å². The highest BCUT2D eigenvalue weighted by molar-refractivity contribution is 5.97. The van der Waals surface area contributed by atoms with Gasteiger partial charge in [-0.2, -0.15) is 0 Å². The number of amides is 1. The van der Waals surface area contributed by atoms with Gasteiger partial charge in [0.25, 0.3) is 5.91 Å². The van der Waals surface area contributed by atoms with Crippen molar-refractivity contribution < 1.29 is 19.4 Å². The maximum absolute atomic E-state index is 13.6. The first kappa shape index (κ1) is 27.9. The Morgan fingerprint density at radius 3 is 2.38 bits per heavy atom. The van der Waals surface area contributed by atoms with Crippen molar-refractivity contribution in [2.45, 2.75) is 57.4 Å². The number of methoxy groups -OCH3 is 1. The SMILES string of the molecule is COC(=O)[C@@H]1CCCN1C(=O)c1cccc([C@H](c2cccc(O)c2)N2C[C@@H](C)N(Cc3ccccc3)C[C@@H]2C)c1. The van der Waals surface area contributed by atoms with Crippen molar-refractivity contribution in [1.82, 2.24) is 14.7 Å². The Morgan fingerprint density at radius 2 is 1.65 bits per heavy atom. The third kappa shape index (κ3) is 5.91. The van der Waals surface area contributed by atoms with Gasteiger partial charge in [0.1, 0.15) is 11.8 Å². The van der Waals surface area contributed by atoms with Gasteiger partial charge in [0, 0.05) is 43.8 Å². The lowest BCUT2D eigenvalue weighted by Gasteiger charge is -2.47. The van der Waals surface area contributed by atoms with Crippen LogP contribution in [-0.2, 0) is 16.1 Å². The quantitative estimate of drug-likeness (QED) is 0.431. The number of phenols is 1. The Bertz CT molecular complexity index is 1330. The monoisotopic (exact) mass is 541 g/mol. The number of benzene rings is 3. The van der Waals surface area contributed by atoms with Gasteiger partial charge in [-0.15, -0.1) is 0 Å². The lowest BCUT2D eigenvalue weighted by atomic mass is 9.92. The molecule has 2 aliphatic heterocycles. The Morgan fingerprint density at radius 1 is 0.925 bits per heavy atom. The normalized spacial score (nSPS) is 22.7. The van der Waals surface area contributed by atoms with Crippen molar-refractivity contribution in [3.05, 3.63) is 101 Å². The van der Waals surface area contributed by atoms with E-state index in [1.165, 1.54) is 12.7 Å². The van der Waals surface area contributed by atoms with Gasteiger partial charge in [0.2, 0.25) is 0 Å². The number of nitrogens with zero attached hydrogens (tertiary/aromatic N) is 3. The van der Waals surface area contributed by atoms with Crippen LogP contribution in [0.25, 0.3) is 0 Å². The van der Waals surface area contributed by atoms with Crippen LogP contribution >= 0.6 is 0 Å². The van der Waals surface area contributed by atoms with Gasteiger partial charge in [-0.05, 0) is 67.6 Å². The van der Waals surface area contributed by atoms with Gasteiger partial charge in [0.05, 0.1) is 13.2 Å². The number of phenolic OH excluding ortho intramolecular Hbond substituents is 1. The van der Waals surface area contributed by atoms with E-state index in [4.69, 9.17) is 4.74 Å². The third-order valence-electron chi connectivity index (χ3n) is 8.35. The zero-order chi connectivity index (χ0) is 28.2.